The number of nitrogens with one attached hydrogen (secondary N) is 1. The molecule has 7 nitrogen and oxygen atoms in total. The van der Waals surface area contributed by atoms with Crippen LogP contribution in [0.25, 0.3) is 0 Å². The van der Waals surface area contributed by atoms with Gasteiger partial charge in [-0.25, -0.2) is 4.79 Å². The summed E-state index contributed by atoms with van der Waals surface area (Å²) < 4.78 is 2.09. The molecule has 1 heterocycles. The summed E-state index contributed by atoms with van der Waals surface area (Å²) in [7, 11) is 0. The Morgan fingerprint density at radius 2 is 2.21 bits per heavy atom. The molecule has 1 aliphatic rings. The van der Waals surface area contributed by atoms with Gasteiger partial charge in [-0.1, -0.05) is 11.8 Å². The predicted octanol–water partition coefficient (Wildman–Crippen LogP) is 0.852. The second kappa shape index (κ2) is 6.05. The predicted molar refractivity (Wildman–Crippen MR) is 70.7 cm³/mol. The maximum atomic E-state index is 11.3. The van der Waals surface area contributed by atoms with E-state index in [0.717, 1.165) is 17.5 Å². The van der Waals surface area contributed by atoms with E-state index in [1.165, 1.54) is 24.6 Å². The van der Waals surface area contributed by atoms with Gasteiger partial charge in [-0.2, -0.15) is 0 Å². The molecule has 1 aromatic rings. The van der Waals surface area contributed by atoms with Crippen molar-refractivity contribution in [2.24, 2.45) is 5.73 Å². The van der Waals surface area contributed by atoms with Gasteiger partial charge < -0.3 is 10.3 Å². The molecule has 8 heteroatoms. The quantitative estimate of drug-likeness (QED) is 0.753. The molecule has 0 atom stereocenters. The minimum atomic E-state index is -0.817. The van der Waals surface area contributed by atoms with Crippen molar-refractivity contribution in [2.45, 2.75) is 43.8 Å². The van der Waals surface area contributed by atoms with Gasteiger partial charge in [0.15, 0.2) is 5.16 Å². The van der Waals surface area contributed by atoms with Gasteiger partial charge in [0.2, 0.25) is 5.91 Å². The lowest BCUT2D eigenvalue weighted by molar-refractivity contribution is -0.119. The fourth-order valence-electron chi connectivity index (χ4n) is 1.78. The molecule has 0 aliphatic heterocycles. The highest BCUT2D eigenvalue weighted by Crippen LogP contribution is 2.39. The topological polar surface area (TPSA) is 103 Å². The van der Waals surface area contributed by atoms with Crippen molar-refractivity contribution in [3.63, 3.8) is 0 Å². The van der Waals surface area contributed by atoms with Crippen molar-refractivity contribution in [2.75, 3.05) is 5.75 Å². The number of hydrogen-bond donors (Lipinski definition) is 2. The number of carbonyl (C=O) groups is 2. The number of aromatic nitrogens is 3. The van der Waals surface area contributed by atoms with Crippen LogP contribution >= 0.6 is 11.8 Å². The van der Waals surface area contributed by atoms with Gasteiger partial charge in [0.25, 0.3) is 0 Å². The van der Waals surface area contributed by atoms with E-state index in [4.69, 9.17) is 5.73 Å². The molecule has 1 aliphatic carbocycles. The van der Waals surface area contributed by atoms with Crippen LogP contribution in [0.5, 0.6) is 0 Å². The number of nitrogens with zero attached hydrogens (tertiary/aromatic N) is 3. The average Bonchev–Trinajstić information content (AvgIpc) is 3.10. The van der Waals surface area contributed by atoms with Gasteiger partial charge in [-0.3, -0.25) is 10.1 Å². The molecule has 0 aromatic carbocycles. The Balaban J connectivity index is 1.85. The molecule has 0 spiro atoms. The molecule has 2 rings (SSSR count). The second-order valence-electron chi connectivity index (χ2n) is 4.37. The van der Waals surface area contributed by atoms with E-state index in [2.05, 4.69) is 21.7 Å². The number of hydrogen-bond acceptors (Lipinski definition) is 5. The van der Waals surface area contributed by atoms with Crippen molar-refractivity contribution in [1.82, 2.24) is 20.1 Å². The lowest BCUT2D eigenvalue weighted by Crippen LogP contribution is -2.35. The second-order valence-corrected chi connectivity index (χ2v) is 5.43. The van der Waals surface area contributed by atoms with Crippen molar-refractivity contribution in [1.29, 1.82) is 0 Å². The molecular weight excluding hydrogens is 266 g/mol. The smallest absolute Gasteiger partial charge is 0.318 e. The summed E-state index contributed by atoms with van der Waals surface area (Å²) in [6.45, 7) is 2.88. The summed E-state index contributed by atoms with van der Waals surface area (Å²) in [6, 6.07) is -0.817. The number of thioether (sulfide) groups is 1. The van der Waals surface area contributed by atoms with Gasteiger partial charge in [0.1, 0.15) is 5.82 Å². The number of rotatable bonds is 6. The molecule has 1 saturated carbocycles. The Kier molecular flexibility index (Phi) is 4.41. The molecule has 3 amide bonds. The highest BCUT2D eigenvalue weighted by molar-refractivity contribution is 7.99. The van der Waals surface area contributed by atoms with Crippen LogP contribution in [0.3, 0.4) is 0 Å². The van der Waals surface area contributed by atoms with Crippen LogP contribution in [0, 0.1) is 0 Å². The molecule has 19 heavy (non-hydrogen) atoms. The van der Waals surface area contributed by atoms with E-state index in [9.17, 15) is 9.59 Å². The van der Waals surface area contributed by atoms with Crippen molar-refractivity contribution in [3.05, 3.63) is 5.82 Å². The maximum absolute atomic E-state index is 11.3. The number of nitrogens with two attached hydrogens (primary N) is 1. The summed E-state index contributed by atoms with van der Waals surface area (Å²) in [5.74, 6) is 1.78. The average molecular weight is 283 g/mol. The van der Waals surface area contributed by atoms with Crippen LogP contribution in [-0.4, -0.2) is 32.5 Å². The lowest BCUT2D eigenvalue weighted by atomic mass is 10.4. The SMILES string of the molecule is CCn1c(SCCC(=O)NC(N)=O)nnc1C1CC1. The van der Waals surface area contributed by atoms with Crippen LogP contribution in [0.2, 0.25) is 0 Å². The largest absolute Gasteiger partial charge is 0.351 e. The molecule has 104 valence electrons. The first-order valence-electron chi connectivity index (χ1n) is 6.27. The molecule has 0 radical (unpaired) electrons. The van der Waals surface area contributed by atoms with Crippen LogP contribution in [0.4, 0.5) is 4.79 Å². The zero-order valence-electron chi connectivity index (χ0n) is 10.8. The Hall–Kier alpha value is -1.57. The first-order chi connectivity index (χ1) is 9.11. The summed E-state index contributed by atoms with van der Waals surface area (Å²) in [5.41, 5.74) is 4.86. The molecular formula is C11H17N5O2S. The molecule has 1 aromatic heterocycles. The highest BCUT2D eigenvalue weighted by atomic mass is 32.2. The summed E-state index contributed by atoms with van der Waals surface area (Å²) in [5, 5.41) is 11.2. The van der Waals surface area contributed by atoms with E-state index in [-0.39, 0.29) is 12.3 Å². The summed E-state index contributed by atoms with van der Waals surface area (Å²) in [4.78, 5) is 21.7. The normalized spacial score (nSPS) is 14.4. The van der Waals surface area contributed by atoms with E-state index in [1.54, 1.807) is 0 Å². The summed E-state index contributed by atoms with van der Waals surface area (Å²) in [6.07, 6.45) is 2.59. The number of primary amides is 1. The zero-order chi connectivity index (χ0) is 13.8. The minimum Gasteiger partial charge on any atom is -0.351 e. The number of amides is 3. The monoisotopic (exact) mass is 283 g/mol. The third-order valence-corrected chi connectivity index (χ3v) is 3.80. The van der Waals surface area contributed by atoms with E-state index in [1.807, 2.05) is 5.32 Å². The number of carbonyl (C=O) groups excluding carboxylic acids is 2. The van der Waals surface area contributed by atoms with Crippen LogP contribution in [0.15, 0.2) is 5.16 Å². The first kappa shape index (κ1) is 13.9. The van der Waals surface area contributed by atoms with Crippen molar-refractivity contribution < 1.29 is 9.59 Å². The lowest BCUT2D eigenvalue weighted by Gasteiger charge is -2.06. The highest BCUT2D eigenvalue weighted by Gasteiger charge is 2.29. The molecule has 1 fully saturated rings. The number of imide groups is 1. The van der Waals surface area contributed by atoms with Gasteiger partial charge >= 0.3 is 6.03 Å². The van der Waals surface area contributed by atoms with Gasteiger partial charge in [0, 0.05) is 24.6 Å². The van der Waals surface area contributed by atoms with E-state index < -0.39 is 6.03 Å². The third kappa shape index (κ3) is 3.69. The molecule has 0 bridgehead atoms. The van der Waals surface area contributed by atoms with Crippen LogP contribution in [-0.2, 0) is 11.3 Å². The Morgan fingerprint density at radius 1 is 1.47 bits per heavy atom. The van der Waals surface area contributed by atoms with Gasteiger partial charge in [-0.05, 0) is 19.8 Å². The fourth-order valence-corrected chi connectivity index (χ4v) is 2.73. The van der Waals surface area contributed by atoms with Gasteiger partial charge in [-0.15, -0.1) is 10.2 Å². The molecule has 0 unspecified atom stereocenters. The third-order valence-electron chi connectivity index (χ3n) is 2.83. The Labute approximate surface area is 115 Å². The van der Waals surface area contributed by atoms with E-state index >= 15 is 0 Å². The number of urea groups is 1. The molecule has 3 N–H and O–H groups in total. The Morgan fingerprint density at radius 3 is 2.79 bits per heavy atom. The standard InChI is InChI=1S/C11H17N5O2S/c1-2-16-9(7-3-4-7)14-15-11(16)19-6-5-8(17)13-10(12)18/h7H,2-6H2,1H3,(H3,12,13,17,18). The maximum Gasteiger partial charge on any atom is 0.318 e. The van der Waals surface area contributed by atoms with Crippen LogP contribution < -0.4 is 11.1 Å². The van der Waals surface area contributed by atoms with Crippen LogP contribution in [0.1, 0.15) is 37.9 Å². The van der Waals surface area contributed by atoms with Gasteiger partial charge in [0.05, 0.1) is 0 Å². The van der Waals surface area contributed by atoms with Crippen molar-refractivity contribution >= 4 is 23.7 Å². The van der Waals surface area contributed by atoms with Crippen molar-refractivity contribution in [3.8, 4) is 0 Å². The first-order valence-corrected chi connectivity index (χ1v) is 7.25. The minimum absolute atomic E-state index is 0.225. The zero-order valence-corrected chi connectivity index (χ0v) is 11.6. The summed E-state index contributed by atoms with van der Waals surface area (Å²) >= 11 is 1.47. The Bertz CT molecular complexity index is 483. The fraction of sp³-hybridized carbons (Fsp3) is 0.636. The van der Waals surface area contributed by atoms with E-state index in [0.29, 0.717) is 11.7 Å². The molecule has 0 saturated heterocycles.